The van der Waals surface area contributed by atoms with Gasteiger partial charge in [-0.25, -0.2) is 4.79 Å². The maximum absolute atomic E-state index is 12.9. The largest absolute Gasteiger partial charge is 0.370 e. The lowest BCUT2D eigenvalue weighted by Gasteiger charge is -2.41. The van der Waals surface area contributed by atoms with Gasteiger partial charge in [-0.2, -0.15) is 0 Å². The molecule has 5 heteroatoms. The minimum atomic E-state index is -0.239. The van der Waals surface area contributed by atoms with Crippen molar-refractivity contribution in [3.63, 3.8) is 0 Å². The molecule has 1 unspecified atom stereocenters. The van der Waals surface area contributed by atoms with Gasteiger partial charge in [0, 0.05) is 25.6 Å². The van der Waals surface area contributed by atoms with Crippen LogP contribution in [0.25, 0.3) is 0 Å². The summed E-state index contributed by atoms with van der Waals surface area (Å²) in [6, 6.07) is 0.496. The van der Waals surface area contributed by atoms with E-state index in [1.54, 1.807) is 0 Å². The van der Waals surface area contributed by atoms with Crippen LogP contribution in [-0.4, -0.2) is 36.0 Å². The second kappa shape index (κ2) is 8.41. The third-order valence-electron chi connectivity index (χ3n) is 6.80. The molecule has 1 heterocycles. The van der Waals surface area contributed by atoms with Gasteiger partial charge in [0.25, 0.3) is 0 Å². The van der Waals surface area contributed by atoms with E-state index in [2.05, 4.69) is 10.2 Å². The van der Waals surface area contributed by atoms with Crippen molar-refractivity contribution in [1.29, 1.82) is 0 Å². The van der Waals surface area contributed by atoms with Crippen molar-refractivity contribution >= 4 is 11.9 Å². The normalized spacial score (nSPS) is 26.7. The number of piperidine rings is 1. The van der Waals surface area contributed by atoms with E-state index < -0.39 is 0 Å². The van der Waals surface area contributed by atoms with Gasteiger partial charge in [-0.3, -0.25) is 4.79 Å². The fourth-order valence-corrected chi connectivity index (χ4v) is 5.08. The Morgan fingerprint density at radius 2 is 1.76 bits per heavy atom. The smallest absolute Gasteiger partial charge is 0.317 e. The van der Waals surface area contributed by atoms with Crippen LogP contribution in [0, 0.1) is 11.3 Å². The summed E-state index contributed by atoms with van der Waals surface area (Å²) < 4.78 is 0. The van der Waals surface area contributed by atoms with E-state index in [1.807, 2.05) is 0 Å². The molecule has 3 aliphatic rings. The molecule has 142 valence electrons. The van der Waals surface area contributed by atoms with Gasteiger partial charge in [0.2, 0.25) is 5.91 Å². The summed E-state index contributed by atoms with van der Waals surface area (Å²) in [6.07, 6.45) is 14.6. The molecule has 3 N–H and O–H groups in total. The van der Waals surface area contributed by atoms with Gasteiger partial charge >= 0.3 is 6.03 Å². The molecule has 0 aromatic carbocycles. The van der Waals surface area contributed by atoms with E-state index in [0.29, 0.717) is 19.0 Å². The number of nitrogens with zero attached hydrogens (tertiary/aromatic N) is 1. The van der Waals surface area contributed by atoms with Crippen molar-refractivity contribution in [2.24, 2.45) is 17.1 Å². The summed E-state index contributed by atoms with van der Waals surface area (Å²) in [7, 11) is 0. The third-order valence-corrected chi connectivity index (χ3v) is 6.80. The number of carbonyl (C=O) groups excluding carboxylic acids is 2. The van der Waals surface area contributed by atoms with E-state index in [1.165, 1.54) is 38.5 Å². The number of hydrogen-bond donors (Lipinski definition) is 2. The van der Waals surface area contributed by atoms with Crippen LogP contribution in [0.4, 0.5) is 4.79 Å². The van der Waals surface area contributed by atoms with E-state index in [9.17, 15) is 9.59 Å². The zero-order chi connectivity index (χ0) is 17.7. The summed E-state index contributed by atoms with van der Waals surface area (Å²) in [5, 5.41) is 3.19. The van der Waals surface area contributed by atoms with Crippen LogP contribution in [0.2, 0.25) is 0 Å². The van der Waals surface area contributed by atoms with Crippen molar-refractivity contribution in [2.45, 2.75) is 89.5 Å². The number of hydrogen-bond acceptors (Lipinski definition) is 2. The topological polar surface area (TPSA) is 75.4 Å². The maximum Gasteiger partial charge on any atom is 0.317 e. The number of carbonyl (C=O) groups is 2. The lowest BCUT2D eigenvalue weighted by atomic mass is 9.71. The van der Waals surface area contributed by atoms with Gasteiger partial charge in [-0.05, 0) is 49.9 Å². The molecule has 2 aliphatic carbocycles. The third kappa shape index (κ3) is 4.89. The van der Waals surface area contributed by atoms with Crippen LogP contribution in [0.1, 0.15) is 83.5 Å². The number of nitrogens with one attached hydrogen (secondary N) is 1. The minimum Gasteiger partial charge on any atom is -0.370 e. The summed E-state index contributed by atoms with van der Waals surface area (Å²) in [6.45, 7) is 1.48. The molecular weight excluding hydrogens is 314 g/mol. The Balaban J connectivity index is 1.55. The Kier molecular flexibility index (Phi) is 6.24. The molecule has 3 rings (SSSR count). The summed E-state index contributed by atoms with van der Waals surface area (Å²) in [5.41, 5.74) is 5.38. The highest BCUT2D eigenvalue weighted by atomic mass is 16.2. The summed E-state index contributed by atoms with van der Waals surface area (Å²) >= 11 is 0. The number of amides is 3. The molecule has 0 aromatic heterocycles. The zero-order valence-electron chi connectivity index (χ0n) is 15.6. The molecule has 0 radical (unpaired) electrons. The highest BCUT2D eigenvalue weighted by Gasteiger charge is 2.36. The molecule has 5 nitrogen and oxygen atoms in total. The Labute approximate surface area is 152 Å². The molecule has 0 bridgehead atoms. The molecule has 0 aromatic rings. The number of urea groups is 1. The Hall–Kier alpha value is -1.26. The van der Waals surface area contributed by atoms with Crippen LogP contribution in [0.5, 0.6) is 0 Å². The van der Waals surface area contributed by atoms with Crippen molar-refractivity contribution in [3.05, 3.63) is 0 Å². The maximum atomic E-state index is 12.9. The Bertz CT molecular complexity index is 470. The first kappa shape index (κ1) is 18.5. The van der Waals surface area contributed by atoms with E-state index in [4.69, 9.17) is 5.73 Å². The predicted molar refractivity (Wildman–Crippen MR) is 99.0 cm³/mol. The van der Waals surface area contributed by atoms with Crippen LogP contribution < -0.4 is 11.1 Å². The molecule has 1 atom stereocenters. The van der Waals surface area contributed by atoms with E-state index in [0.717, 1.165) is 51.0 Å². The monoisotopic (exact) mass is 349 g/mol. The molecule has 3 amide bonds. The van der Waals surface area contributed by atoms with E-state index >= 15 is 0 Å². The molecule has 1 aliphatic heterocycles. The van der Waals surface area contributed by atoms with Gasteiger partial charge in [-0.1, -0.05) is 38.5 Å². The molecule has 3 fully saturated rings. The Morgan fingerprint density at radius 1 is 1.00 bits per heavy atom. The lowest BCUT2D eigenvalue weighted by Crippen LogP contribution is -2.52. The first-order chi connectivity index (χ1) is 12.1. The van der Waals surface area contributed by atoms with Crippen LogP contribution in [-0.2, 0) is 4.79 Å². The SMILES string of the molecule is NC(=O)CC1(CNC(=O)N2CCCCC2CC2CCC2)CCCCC1. The highest BCUT2D eigenvalue weighted by molar-refractivity contribution is 5.76. The second-order valence-corrected chi connectivity index (χ2v) is 8.74. The molecule has 25 heavy (non-hydrogen) atoms. The zero-order valence-corrected chi connectivity index (χ0v) is 15.6. The molecular formula is C20H35N3O2. The van der Waals surface area contributed by atoms with Gasteiger partial charge < -0.3 is 16.0 Å². The Morgan fingerprint density at radius 3 is 2.40 bits per heavy atom. The van der Waals surface area contributed by atoms with Gasteiger partial charge in [0.1, 0.15) is 0 Å². The van der Waals surface area contributed by atoms with Gasteiger partial charge in [0.05, 0.1) is 0 Å². The highest BCUT2D eigenvalue weighted by Crippen LogP contribution is 2.39. The average molecular weight is 350 g/mol. The van der Waals surface area contributed by atoms with Crippen molar-refractivity contribution < 1.29 is 9.59 Å². The number of primary amides is 1. The lowest BCUT2D eigenvalue weighted by molar-refractivity contribution is -0.120. The summed E-state index contributed by atoms with van der Waals surface area (Å²) in [5.74, 6) is 0.593. The van der Waals surface area contributed by atoms with Crippen LogP contribution in [0.3, 0.4) is 0 Å². The second-order valence-electron chi connectivity index (χ2n) is 8.74. The van der Waals surface area contributed by atoms with E-state index in [-0.39, 0.29) is 17.4 Å². The first-order valence-corrected chi connectivity index (χ1v) is 10.4. The predicted octanol–water partition coefficient (Wildman–Crippen LogP) is 3.57. The van der Waals surface area contributed by atoms with Crippen molar-refractivity contribution in [3.8, 4) is 0 Å². The van der Waals surface area contributed by atoms with Crippen molar-refractivity contribution in [2.75, 3.05) is 13.1 Å². The fraction of sp³-hybridized carbons (Fsp3) is 0.900. The number of likely N-dealkylation sites (tertiary alicyclic amines) is 1. The average Bonchev–Trinajstić information content (AvgIpc) is 2.57. The van der Waals surface area contributed by atoms with Crippen LogP contribution in [0.15, 0.2) is 0 Å². The quantitative estimate of drug-likeness (QED) is 0.769. The standard InChI is InChI=1S/C20H35N3O2/c21-18(24)14-20(10-3-1-4-11-20)15-22-19(25)23-12-5-2-9-17(23)13-16-7-6-8-16/h16-17H,1-15H2,(H2,21,24)(H,22,25). The molecule has 2 saturated carbocycles. The van der Waals surface area contributed by atoms with Gasteiger partial charge in [0.15, 0.2) is 0 Å². The number of nitrogens with two attached hydrogens (primary N) is 1. The molecule has 1 saturated heterocycles. The fourth-order valence-electron chi connectivity index (χ4n) is 5.08. The summed E-state index contributed by atoms with van der Waals surface area (Å²) in [4.78, 5) is 26.5. The molecule has 0 spiro atoms. The van der Waals surface area contributed by atoms with Gasteiger partial charge in [-0.15, -0.1) is 0 Å². The van der Waals surface area contributed by atoms with Crippen molar-refractivity contribution in [1.82, 2.24) is 10.2 Å². The first-order valence-electron chi connectivity index (χ1n) is 10.4. The minimum absolute atomic E-state index is 0.0819. The van der Waals surface area contributed by atoms with Crippen LogP contribution >= 0.6 is 0 Å². The number of rotatable bonds is 6.